The minimum Gasteiger partial charge on any atom is -0.461 e. The molecule has 0 aromatic carbocycles. The summed E-state index contributed by atoms with van der Waals surface area (Å²) in [5, 5.41) is 1.72. The first-order chi connectivity index (χ1) is 11.9. The van der Waals surface area contributed by atoms with Crippen LogP contribution in [-0.4, -0.2) is 37.6 Å². The molecular formula is C16H19N3O4S2. The van der Waals surface area contributed by atoms with Crippen molar-refractivity contribution < 1.29 is 17.9 Å². The number of aromatic amines is 1. The topological polar surface area (TPSA) is 84.4 Å². The van der Waals surface area contributed by atoms with Crippen LogP contribution in [0.2, 0.25) is 0 Å². The number of aromatic nitrogens is 2. The number of H-pyrrole nitrogens is 1. The lowest BCUT2D eigenvalue weighted by Crippen LogP contribution is -2.25. The average Bonchev–Trinajstić information content (AvgIpc) is 3.30. The molecule has 0 amide bonds. The second kappa shape index (κ2) is 6.57. The highest BCUT2D eigenvalue weighted by atomic mass is 32.2. The van der Waals surface area contributed by atoms with Crippen LogP contribution < -0.4 is 4.31 Å². The Hall–Kier alpha value is -2.26. The zero-order chi connectivity index (χ0) is 18.2. The third kappa shape index (κ3) is 2.93. The van der Waals surface area contributed by atoms with Gasteiger partial charge in [0, 0.05) is 19.8 Å². The largest absolute Gasteiger partial charge is 0.461 e. The molecule has 25 heavy (non-hydrogen) atoms. The molecule has 9 heteroatoms. The van der Waals surface area contributed by atoms with E-state index >= 15 is 0 Å². The number of thiophene rings is 1. The molecule has 134 valence electrons. The molecule has 0 spiro atoms. The maximum atomic E-state index is 12.8. The third-order valence-electron chi connectivity index (χ3n) is 3.93. The van der Waals surface area contributed by atoms with Gasteiger partial charge in [-0.2, -0.15) is 0 Å². The number of sulfonamides is 1. The molecule has 0 radical (unpaired) electrons. The van der Waals surface area contributed by atoms with Crippen LogP contribution in [0.1, 0.15) is 24.3 Å². The number of hydrogen-bond donors (Lipinski definition) is 1. The Morgan fingerprint density at radius 3 is 2.76 bits per heavy atom. The molecule has 3 rings (SSSR count). The zero-order valence-electron chi connectivity index (χ0n) is 14.1. The molecule has 0 bridgehead atoms. The molecule has 3 aromatic rings. The van der Waals surface area contributed by atoms with E-state index in [1.54, 1.807) is 36.7 Å². The fourth-order valence-corrected chi connectivity index (χ4v) is 5.00. The summed E-state index contributed by atoms with van der Waals surface area (Å²) in [7, 11) is -2.15. The normalized spacial score (nSPS) is 11.8. The minimum atomic E-state index is -3.65. The van der Waals surface area contributed by atoms with Crippen molar-refractivity contribution >= 4 is 44.1 Å². The lowest BCUT2D eigenvalue weighted by atomic mass is 10.4. The van der Waals surface area contributed by atoms with Gasteiger partial charge >= 0.3 is 5.97 Å². The molecular weight excluding hydrogens is 362 g/mol. The van der Waals surface area contributed by atoms with E-state index in [9.17, 15) is 13.2 Å². The number of nitrogens with one attached hydrogen (secondary N) is 1. The standard InChI is InChI=1S/C16H19N3O4S2/c1-4-19-10-13(18(3)25(21,22)14-7-6-8-24-14)15-12(19)9-11(17-15)16(20)23-5-2/h6-10,17H,4-5H2,1-3H3. The van der Waals surface area contributed by atoms with Crippen LogP contribution in [0.15, 0.2) is 34.0 Å². The minimum absolute atomic E-state index is 0.268. The highest BCUT2D eigenvalue weighted by molar-refractivity contribution is 7.94. The van der Waals surface area contributed by atoms with Crippen molar-refractivity contribution in [2.45, 2.75) is 24.6 Å². The summed E-state index contributed by atoms with van der Waals surface area (Å²) in [6, 6.07) is 4.96. The van der Waals surface area contributed by atoms with E-state index in [0.29, 0.717) is 23.4 Å². The van der Waals surface area contributed by atoms with Gasteiger partial charge in [0.1, 0.15) is 9.90 Å². The van der Waals surface area contributed by atoms with Gasteiger partial charge < -0.3 is 14.3 Å². The van der Waals surface area contributed by atoms with Crippen molar-refractivity contribution in [3.63, 3.8) is 0 Å². The van der Waals surface area contributed by atoms with E-state index in [4.69, 9.17) is 4.74 Å². The summed E-state index contributed by atoms with van der Waals surface area (Å²) in [5.41, 5.74) is 2.14. The molecule has 0 unspecified atom stereocenters. The molecule has 0 atom stereocenters. The van der Waals surface area contributed by atoms with Crippen molar-refractivity contribution in [2.75, 3.05) is 18.0 Å². The van der Waals surface area contributed by atoms with Gasteiger partial charge in [0.15, 0.2) is 0 Å². The molecule has 7 nitrogen and oxygen atoms in total. The van der Waals surface area contributed by atoms with Crippen molar-refractivity contribution in [3.05, 3.63) is 35.5 Å². The Kier molecular flexibility index (Phi) is 4.61. The number of hydrogen-bond acceptors (Lipinski definition) is 5. The number of carbonyl (C=O) groups excluding carboxylic acids is 1. The molecule has 0 aliphatic rings. The van der Waals surface area contributed by atoms with Crippen LogP contribution in [0.25, 0.3) is 11.0 Å². The molecule has 0 saturated heterocycles. The summed E-state index contributed by atoms with van der Waals surface area (Å²) < 4.78 is 34.0. The number of carbonyl (C=O) groups is 1. The van der Waals surface area contributed by atoms with E-state index in [1.807, 2.05) is 11.5 Å². The van der Waals surface area contributed by atoms with Crippen molar-refractivity contribution in [3.8, 4) is 0 Å². The first kappa shape index (κ1) is 17.6. The number of nitrogens with zero attached hydrogens (tertiary/aromatic N) is 2. The summed E-state index contributed by atoms with van der Waals surface area (Å²) in [6.07, 6.45) is 1.77. The van der Waals surface area contributed by atoms with E-state index < -0.39 is 16.0 Å². The Bertz CT molecular complexity index is 1000. The predicted molar refractivity (Wildman–Crippen MR) is 97.8 cm³/mol. The molecule has 1 N–H and O–H groups in total. The summed E-state index contributed by atoms with van der Waals surface area (Å²) in [5.74, 6) is -0.462. The van der Waals surface area contributed by atoms with Crippen LogP contribution in [0.5, 0.6) is 0 Å². The van der Waals surface area contributed by atoms with Crippen LogP contribution in [-0.2, 0) is 21.3 Å². The van der Waals surface area contributed by atoms with Gasteiger partial charge in [-0.3, -0.25) is 4.31 Å². The summed E-state index contributed by atoms with van der Waals surface area (Å²) in [6.45, 7) is 4.60. The highest BCUT2D eigenvalue weighted by Crippen LogP contribution is 2.33. The van der Waals surface area contributed by atoms with Gasteiger partial charge in [-0.25, -0.2) is 13.2 Å². The van der Waals surface area contributed by atoms with E-state index in [1.165, 1.54) is 22.7 Å². The third-order valence-corrected chi connectivity index (χ3v) is 7.07. The Labute approximate surface area is 149 Å². The first-order valence-corrected chi connectivity index (χ1v) is 10.1. The summed E-state index contributed by atoms with van der Waals surface area (Å²) >= 11 is 1.17. The quantitative estimate of drug-likeness (QED) is 0.665. The van der Waals surface area contributed by atoms with E-state index in [2.05, 4.69) is 4.98 Å². The van der Waals surface area contributed by atoms with Crippen LogP contribution in [0, 0.1) is 0 Å². The zero-order valence-corrected chi connectivity index (χ0v) is 15.8. The lowest BCUT2D eigenvalue weighted by Gasteiger charge is -2.17. The molecule has 3 heterocycles. The Balaban J connectivity index is 2.11. The van der Waals surface area contributed by atoms with Crippen LogP contribution in [0.4, 0.5) is 5.69 Å². The smallest absolute Gasteiger partial charge is 0.354 e. The average molecular weight is 381 g/mol. The monoisotopic (exact) mass is 381 g/mol. The second-order valence-corrected chi connectivity index (χ2v) is 8.51. The number of rotatable bonds is 6. The van der Waals surface area contributed by atoms with Crippen molar-refractivity contribution in [2.24, 2.45) is 0 Å². The van der Waals surface area contributed by atoms with E-state index in [0.717, 1.165) is 5.52 Å². The van der Waals surface area contributed by atoms with Gasteiger partial charge in [-0.05, 0) is 31.4 Å². The number of anilines is 1. The lowest BCUT2D eigenvalue weighted by molar-refractivity contribution is 0.0520. The first-order valence-electron chi connectivity index (χ1n) is 7.81. The van der Waals surface area contributed by atoms with Crippen molar-refractivity contribution in [1.82, 2.24) is 9.55 Å². The number of fused-ring (bicyclic) bond motifs is 1. The molecule has 0 saturated carbocycles. The number of ether oxygens (including phenoxy) is 1. The maximum absolute atomic E-state index is 12.8. The summed E-state index contributed by atoms with van der Waals surface area (Å²) in [4.78, 5) is 15.0. The van der Waals surface area contributed by atoms with Crippen LogP contribution >= 0.6 is 11.3 Å². The highest BCUT2D eigenvalue weighted by Gasteiger charge is 2.27. The number of aryl methyl sites for hydroxylation is 1. The molecule has 3 aromatic heterocycles. The number of esters is 1. The van der Waals surface area contributed by atoms with Gasteiger partial charge in [0.05, 0.1) is 23.3 Å². The van der Waals surface area contributed by atoms with Gasteiger partial charge in [0.2, 0.25) is 0 Å². The second-order valence-electron chi connectivity index (χ2n) is 5.37. The molecule has 0 aliphatic heterocycles. The van der Waals surface area contributed by atoms with Gasteiger partial charge in [-0.1, -0.05) is 6.07 Å². The predicted octanol–water partition coefficient (Wildman–Crippen LogP) is 3.05. The van der Waals surface area contributed by atoms with Gasteiger partial charge in [0.25, 0.3) is 10.0 Å². The Morgan fingerprint density at radius 1 is 1.40 bits per heavy atom. The van der Waals surface area contributed by atoms with Crippen molar-refractivity contribution in [1.29, 1.82) is 0 Å². The van der Waals surface area contributed by atoms with Gasteiger partial charge in [-0.15, -0.1) is 11.3 Å². The molecule has 0 fully saturated rings. The maximum Gasteiger partial charge on any atom is 0.354 e. The van der Waals surface area contributed by atoms with Crippen LogP contribution in [0.3, 0.4) is 0 Å². The fraction of sp³-hybridized carbons (Fsp3) is 0.312. The van der Waals surface area contributed by atoms with E-state index in [-0.39, 0.29) is 10.8 Å². The fourth-order valence-electron chi connectivity index (χ4n) is 2.64. The molecule has 0 aliphatic carbocycles. The SMILES string of the molecule is CCOC(=O)c1cc2c([nH]1)c(N(C)S(=O)(=O)c1cccs1)cn2CC. The Morgan fingerprint density at radius 2 is 2.16 bits per heavy atom.